The highest BCUT2D eigenvalue weighted by Crippen LogP contribution is 2.31. The minimum absolute atomic E-state index is 0.322. The van der Waals surface area contributed by atoms with Gasteiger partial charge in [-0.15, -0.1) is 11.3 Å². The number of unbranched alkanes of at least 4 members (excludes halogenated alkanes) is 3. The Morgan fingerprint density at radius 3 is 2.87 bits per heavy atom. The molecule has 0 aliphatic carbocycles. The minimum Gasteiger partial charge on any atom is -0.342 e. The number of piperidine rings is 1. The molecule has 1 amide bonds. The van der Waals surface area contributed by atoms with Gasteiger partial charge in [-0.1, -0.05) is 26.7 Å². The molecule has 1 atom stereocenters. The van der Waals surface area contributed by atoms with Gasteiger partial charge in [0, 0.05) is 30.8 Å². The maximum Gasteiger partial charge on any atom is 0.222 e. The van der Waals surface area contributed by atoms with E-state index in [0.717, 1.165) is 58.2 Å². The second-order valence-electron chi connectivity index (χ2n) is 6.90. The highest BCUT2D eigenvalue weighted by molar-refractivity contribution is 7.09. The number of aromatic nitrogens is 1. The maximum atomic E-state index is 12.4. The van der Waals surface area contributed by atoms with Crippen LogP contribution in [0.2, 0.25) is 0 Å². The van der Waals surface area contributed by atoms with Crippen LogP contribution in [0.3, 0.4) is 0 Å². The van der Waals surface area contributed by atoms with E-state index in [4.69, 9.17) is 10.7 Å². The summed E-state index contributed by atoms with van der Waals surface area (Å²) in [5, 5.41) is 3.40. The van der Waals surface area contributed by atoms with Crippen LogP contribution in [0.15, 0.2) is 5.38 Å². The second kappa shape index (κ2) is 9.38. The Morgan fingerprint density at radius 1 is 1.39 bits per heavy atom. The Kier molecular flexibility index (Phi) is 7.50. The third kappa shape index (κ3) is 5.57. The number of nitrogens with two attached hydrogens (primary N) is 1. The summed E-state index contributed by atoms with van der Waals surface area (Å²) in [7, 11) is 0. The lowest BCUT2D eigenvalue weighted by Crippen LogP contribution is -2.39. The van der Waals surface area contributed by atoms with Crippen molar-refractivity contribution in [1.82, 2.24) is 9.88 Å². The lowest BCUT2D eigenvalue weighted by molar-refractivity contribution is -0.132. The predicted octanol–water partition coefficient (Wildman–Crippen LogP) is 3.88. The SMILES string of the molecule is CC(C)c1csc(C2CCCN(C(=O)CCCCCCN)C2)n1. The molecule has 1 fully saturated rings. The number of nitrogens with zero attached hydrogens (tertiary/aromatic N) is 2. The van der Waals surface area contributed by atoms with Gasteiger partial charge in [-0.2, -0.15) is 0 Å². The number of likely N-dealkylation sites (tertiary alicyclic amines) is 1. The molecular weight excluding hydrogens is 306 g/mol. The molecule has 4 nitrogen and oxygen atoms in total. The van der Waals surface area contributed by atoms with Crippen LogP contribution in [0.4, 0.5) is 0 Å². The molecule has 1 saturated heterocycles. The first kappa shape index (κ1) is 18.4. The lowest BCUT2D eigenvalue weighted by Gasteiger charge is -2.32. The fourth-order valence-electron chi connectivity index (χ4n) is 3.09. The molecule has 1 aliphatic rings. The van der Waals surface area contributed by atoms with Crippen molar-refractivity contribution in [1.29, 1.82) is 0 Å². The average Bonchev–Trinajstić information content (AvgIpc) is 3.05. The zero-order chi connectivity index (χ0) is 16.7. The van der Waals surface area contributed by atoms with Crippen molar-refractivity contribution in [2.24, 2.45) is 5.73 Å². The molecule has 1 aromatic rings. The molecule has 23 heavy (non-hydrogen) atoms. The summed E-state index contributed by atoms with van der Waals surface area (Å²) < 4.78 is 0. The van der Waals surface area contributed by atoms with Gasteiger partial charge in [0.05, 0.1) is 10.7 Å². The van der Waals surface area contributed by atoms with E-state index in [1.165, 1.54) is 10.7 Å². The standard InChI is InChI=1S/C18H31N3OS/c1-14(2)16-13-23-18(20-16)15-8-7-11-21(12-15)17(22)9-5-3-4-6-10-19/h13-15H,3-12,19H2,1-2H3. The van der Waals surface area contributed by atoms with Gasteiger partial charge in [0.1, 0.15) is 0 Å². The van der Waals surface area contributed by atoms with E-state index in [1.807, 2.05) is 0 Å². The van der Waals surface area contributed by atoms with Crippen LogP contribution >= 0.6 is 11.3 Å². The molecule has 1 unspecified atom stereocenters. The van der Waals surface area contributed by atoms with Crippen LogP contribution in [0.25, 0.3) is 0 Å². The number of amides is 1. The molecule has 0 radical (unpaired) electrons. The second-order valence-corrected chi connectivity index (χ2v) is 7.79. The van der Waals surface area contributed by atoms with Crippen LogP contribution in [-0.2, 0) is 4.79 Å². The zero-order valence-corrected chi connectivity index (χ0v) is 15.4. The Labute approximate surface area is 144 Å². The summed E-state index contributed by atoms with van der Waals surface area (Å²) in [6, 6.07) is 0. The molecule has 2 heterocycles. The Morgan fingerprint density at radius 2 is 2.17 bits per heavy atom. The van der Waals surface area contributed by atoms with Crippen LogP contribution in [-0.4, -0.2) is 35.4 Å². The van der Waals surface area contributed by atoms with Crippen LogP contribution in [0.5, 0.6) is 0 Å². The molecule has 1 aromatic heterocycles. The lowest BCUT2D eigenvalue weighted by atomic mass is 9.98. The van der Waals surface area contributed by atoms with E-state index >= 15 is 0 Å². The summed E-state index contributed by atoms with van der Waals surface area (Å²) in [5.74, 6) is 1.24. The molecule has 0 saturated carbocycles. The van der Waals surface area contributed by atoms with Crippen LogP contribution in [0, 0.1) is 0 Å². The Balaban J connectivity index is 1.81. The van der Waals surface area contributed by atoms with Crippen LogP contribution < -0.4 is 5.73 Å². The van der Waals surface area contributed by atoms with E-state index in [0.29, 0.717) is 24.2 Å². The number of hydrogen-bond donors (Lipinski definition) is 1. The Hall–Kier alpha value is -0.940. The smallest absolute Gasteiger partial charge is 0.222 e. The zero-order valence-electron chi connectivity index (χ0n) is 14.6. The minimum atomic E-state index is 0.322. The summed E-state index contributed by atoms with van der Waals surface area (Å²) >= 11 is 1.76. The van der Waals surface area contributed by atoms with Crippen molar-refractivity contribution in [3.63, 3.8) is 0 Å². The number of rotatable bonds is 8. The van der Waals surface area contributed by atoms with Gasteiger partial charge in [0.2, 0.25) is 5.91 Å². The third-order valence-electron chi connectivity index (χ3n) is 4.60. The first-order valence-electron chi connectivity index (χ1n) is 9.05. The molecule has 130 valence electrons. The number of thiazole rings is 1. The fourth-order valence-corrected chi connectivity index (χ4v) is 4.20. The highest BCUT2D eigenvalue weighted by Gasteiger charge is 2.26. The third-order valence-corrected chi connectivity index (χ3v) is 5.62. The molecule has 5 heteroatoms. The summed E-state index contributed by atoms with van der Waals surface area (Å²) in [6.45, 7) is 6.89. The molecule has 0 spiro atoms. The largest absolute Gasteiger partial charge is 0.342 e. The number of carbonyl (C=O) groups is 1. The molecule has 0 bridgehead atoms. The van der Waals surface area contributed by atoms with Gasteiger partial charge in [0.15, 0.2) is 0 Å². The molecular formula is C18H31N3OS. The van der Waals surface area contributed by atoms with E-state index in [-0.39, 0.29) is 0 Å². The summed E-state index contributed by atoms with van der Waals surface area (Å²) in [5.41, 5.74) is 6.69. The molecule has 0 aromatic carbocycles. The fraction of sp³-hybridized carbons (Fsp3) is 0.778. The van der Waals surface area contributed by atoms with E-state index < -0.39 is 0 Å². The van der Waals surface area contributed by atoms with Crippen molar-refractivity contribution in [2.75, 3.05) is 19.6 Å². The van der Waals surface area contributed by atoms with E-state index in [9.17, 15) is 4.79 Å². The number of carbonyl (C=O) groups excluding carboxylic acids is 1. The summed E-state index contributed by atoms with van der Waals surface area (Å²) in [6.07, 6.45) is 7.27. The van der Waals surface area contributed by atoms with Gasteiger partial charge < -0.3 is 10.6 Å². The van der Waals surface area contributed by atoms with Gasteiger partial charge in [0.25, 0.3) is 0 Å². The van der Waals surface area contributed by atoms with Crippen molar-refractivity contribution in [2.45, 2.75) is 70.6 Å². The molecule has 1 aliphatic heterocycles. The van der Waals surface area contributed by atoms with Crippen molar-refractivity contribution >= 4 is 17.2 Å². The number of hydrogen-bond acceptors (Lipinski definition) is 4. The summed E-state index contributed by atoms with van der Waals surface area (Å²) in [4.78, 5) is 19.3. The molecule has 2 rings (SSSR count). The first-order chi connectivity index (χ1) is 11.1. The van der Waals surface area contributed by atoms with Crippen molar-refractivity contribution in [3.8, 4) is 0 Å². The Bertz CT molecular complexity index is 486. The van der Waals surface area contributed by atoms with Gasteiger partial charge in [-0.3, -0.25) is 4.79 Å². The maximum absolute atomic E-state index is 12.4. The predicted molar refractivity (Wildman–Crippen MR) is 96.9 cm³/mol. The van der Waals surface area contributed by atoms with Gasteiger partial charge >= 0.3 is 0 Å². The van der Waals surface area contributed by atoms with Crippen molar-refractivity contribution in [3.05, 3.63) is 16.1 Å². The highest BCUT2D eigenvalue weighted by atomic mass is 32.1. The van der Waals surface area contributed by atoms with E-state index in [2.05, 4.69) is 24.1 Å². The first-order valence-corrected chi connectivity index (χ1v) is 9.93. The average molecular weight is 338 g/mol. The topological polar surface area (TPSA) is 59.2 Å². The van der Waals surface area contributed by atoms with Crippen LogP contribution in [0.1, 0.15) is 81.3 Å². The van der Waals surface area contributed by atoms with Crippen molar-refractivity contribution < 1.29 is 4.79 Å². The van der Waals surface area contributed by atoms with Gasteiger partial charge in [-0.05, 0) is 38.1 Å². The quantitative estimate of drug-likeness (QED) is 0.732. The monoisotopic (exact) mass is 337 g/mol. The van der Waals surface area contributed by atoms with Gasteiger partial charge in [-0.25, -0.2) is 4.98 Å². The van der Waals surface area contributed by atoms with E-state index in [1.54, 1.807) is 11.3 Å². The normalized spacial score (nSPS) is 18.6. The molecule has 2 N–H and O–H groups in total.